The molecule has 0 bridgehead atoms. The molecule has 0 N–H and O–H groups in total. The van der Waals surface area contributed by atoms with Gasteiger partial charge in [-0.3, -0.25) is 0 Å². The quantitative estimate of drug-likeness (QED) is 0.160. The topological polar surface area (TPSA) is 51.8 Å². The first-order chi connectivity index (χ1) is 28.3. The summed E-state index contributed by atoms with van der Waals surface area (Å²) < 4.78 is 6.51. The Morgan fingerprint density at radius 2 is 0.702 bits per heavy atom. The van der Waals surface area contributed by atoms with Crippen LogP contribution in [0.25, 0.3) is 111 Å². The standard InChI is InChI=1S/C53H33N3O/c1-3-16-34(17-4-1)36-20-13-22-38(32-36)51-54-52(56-53(55-51)46-30-15-29-45-40-24-11-12-31-47(40)57-50(45)46)39-23-14-21-37(33-39)49-43-27-9-7-25-41(43)48(35-18-5-2-6-19-35)42-26-8-10-28-44(42)49/h1-33H. The number of hydrogen-bond acceptors (Lipinski definition) is 4. The number of fused-ring (bicyclic) bond motifs is 5. The van der Waals surface area contributed by atoms with Crippen molar-refractivity contribution in [3.63, 3.8) is 0 Å². The Bertz CT molecular complexity index is 3240. The summed E-state index contributed by atoms with van der Waals surface area (Å²) in [4.78, 5) is 15.6. The first-order valence-electron chi connectivity index (χ1n) is 19.2. The molecule has 11 aromatic rings. The predicted molar refractivity (Wildman–Crippen MR) is 235 cm³/mol. The van der Waals surface area contributed by atoms with Crippen LogP contribution in [0.2, 0.25) is 0 Å². The largest absolute Gasteiger partial charge is 0.455 e. The first kappa shape index (κ1) is 32.7. The molecule has 2 heterocycles. The van der Waals surface area contributed by atoms with E-state index in [0.29, 0.717) is 17.5 Å². The van der Waals surface area contributed by atoms with E-state index in [4.69, 9.17) is 19.4 Å². The van der Waals surface area contributed by atoms with Crippen LogP contribution in [0.5, 0.6) is 0 Å². The van der Waals surface area contributed by atoms with Crippen molar-refractivity contribution in [1.82, 2.24) is 15.0 Å². The van der Waals surface area contributed by atoms with Gasteiger partial charge in [0.2, 0.25) is 0 Å². The Balaban J connectivity index is 1.13. The molecule has 0 saturated carbocycles. The molecule has 0 spiro atoms. The third kappa shape index (κ3) is 5.66. The van der Waals surface area contributed by atoms with E-state index in [1.54, 1.807) is 0 Å². The van der Waals surface area contributed by atoms with Crippen LogP contribution in [0.15, 0.2) is 205 Å². The van der Waals surface area contributed by atoms with Gasteiger partial charge in [0, 0.05) is 21.9 Å². The van der Waals surface area contributed by atoms with Gasteiger partial charge in [0.1, 0.15) is 11.2 Å². The molecule has 0 aliphatic carbocycles. The predicted octanol–water partition coefficient (Wildman–Crippen LogP) is 14.1. The van der Waals surface area contributed by atoms with Crippen LogP contribution in [0, 0.1) is 0 Å². The zero-order valence-corrected chi connectivity index (χ0v) is 30.8. The molecule has 2 aromatic heterocycles. The van der Waals surface area contributed by atoms with E-state index in [0.717, 1.165) is 55.3 Å². The number of benzene rings is 9. The minimum absolute atomic E-state index is 0.554. The molecule has 0 amide bonds. The summed E-state index contributed by atoms with van der Waals surface area (Å²) in [5, 5.41) is 6.90. The highest BCUT2D eigenvalue weighted by molar-refractivity contribution is 6.21. The molecule has 11 rings (SSSR count). The Morgan fingerprint density at radius 3 is 1.33 bits per heavy atom. The highest BCUT2D eigenvalue weighted by Crippen LogP contribution is 2.44. The molecule has 0 radical (unpaired) electrons. The van der Waals surface area contributed by atoms with Gasteiger partial charge in [-0.25, -0.2) is 15.0 Å². The molecule has 0 unspecified atom stereocenters. The van der Waals surface area contributed by atoms with Gasteiger partial charge < -0.3 is 4.42 Å². The fourth-order valence-electron chi connectivity index (χ4n) is 8.32. The summed E-state index contributed by atoms with van der Waals surface area (Å²) >= 11 is 0. The minimum atomic E-state index is 0.554. The number of hydrogen-bond donors (Lipinski definition) is 0. The van der Waals surface area contributed by atoms with Crippen LogP contribution in [0.1, 0.15) is 0 Å². The van der Waals surface area contributed by atoms with Crippen LogP contribution in [-0.2, 0) is 0 Å². The maximum absolute atomic E-state index is 6.51. The lowest BCUT2D eigenvalue weighted by Crippen LogP contribution is -2.00. The summed E-state index contributed by atoms with van der Waals surface area (Å²) in [6.07, 6.45) is 0. The molecule has 57 heavy (non-hydrogen) atoms. The fraction of sp³-hybridized carbons (Fsp3) is 0. The van der Waals surface area contributed by atoms with E-state index in [1.165, 1.54) is 38.2 Å². The molecule has 0 fully saturated rings. The maximum Gasteiger partial charge on any atom is 0.167 e. The SMILES string of the molecule is c1ccc(-c2cccc(-c3nc(-c4cccc(-c5c6ccccc6c(-c6ccccc6)c6ccccc56)c4)nc(-c4cccc5c4oc4ccccc45)n3)c2)cc1. The number of rotatable bonds is 6. The van der Waals surface area contributed by atoms with Gasteiger partial charge in [0.25, 0.3) is 0 Å². The van der Waals surface area contributed by atoms with Gasteiger partial charge in [-0.1, -0.05) is 176 Å². The third-order valence-corrected chi connectivity index (χ3v) is 10.9. The molecule has 9 aromatic carbocycles. The van der Waals surface area contributed by atoms with Crippen molar-refractivity contribution < 1.29 is 4.42 Å². The molecular weight excluding hydrogens is 695 g/mol. The number of para-hydroxylation sites is 2. The molecule has 0 aliphatic heterocycles. The van der Waals surface area contributed by atoms with Crippen LogP contribution in [-0.4, -0.2) is 15.0 Å². The first-order valence-corrected chi connectivity index (χ1v) is 19.2. The summed E-state index contributed by atoms with van der Waals surface area (Å²) in [7, 11) is 0. The highest BCUT2D eigenvalue weighted by atomic mass is 16.3. The smallest absolute Gasteiger partial charge is 0.167 e. The van der Waals surface area contributed by atoms with Crippen molar-refractivity contribution in [2.24, 2.45) is 0 Å². The Hall–Kier alpha value is -7.69. The van der Waals surface area contributed by atoms with Crippen LogP contribution in [0.3, 0.4) is 0 Å². The van der Waals surface area contributed by atoms with E-state index < -0.39 is 0 Å². The molecule has 0 aliphatic rings. The summed E-state index contributed by atoms with van der Waals surface area (Å²) in [6.45, 7) is 0. The second-order valence-corrected chi connectivity index (χ2v) is 14.3. The van der Waals surface area contributed by atoms with Gasteiger partial charge in [-0.2, -0.15) is 0 Å². The van der Waals surface area contributed by atoms with Gasteiger partial charge >= 0.3 is 0 Å². The minimum Gasteiger partial charge on any atom is -0.455 e. The fourth-order valence-corrected chi connectivity index (χ4v) is 8.32. The van der Waals surface area contributed by atoms with Gasteiger partial charge in [-0.15, -0.1) is 0 Å². The van der Waals surface area contributed by atoms with Gasteiger partial charge in [0.15, 0.2) is 17.5 Å². The van der Waals surface area contributed by atoms with E-state index >= 15 is 0 Å². The lowest BCUT2D eigenvalue weighted by atomic mass is 9.86. The summed E-state index contributed by atoms with van der Waals surface area (Å²) in [6, 6.07) is 69.9. The summed E-state index contributed by atoms with van der Waals surface area (Å²) in [5.41, 5.74) is 11.1. The number of furan rings is 1. The van der Waals surface area contributed by atoms with Crippen molar-refractivity contribution in [2.45, 2.75) is 0 Å². The van der Waals surface area contributed by atoms with Crippen molar-refractivity contribution in [3.05, 3.63) is 200 Å². The van der Waals surface area contributed by atoms with Crippen LogP contribution in [0.4, 0.5) is 0 Å². The van der Waals surface area contributed by atoms with E-state index in [2.05, 4.69) is 170 Å². The Labute approximate surface area is 329 Å². The number of aromatic nitrogens is 3. The van der Waals surface area contributed by atoms with Crippen molar-refractivity contribution in [3.8, 4) is 67.5 Å². The molecule has 4 heteroatoms. The Kier molecular flexibility index (Phi) is 7.78. The summed E-state index contributed by atoms with van der Waals surface area (Å²) in [5.74, 6) is 1.73. The van der Waals surface area contributed by atoms with Crippen molar-refractivity contribution in [2.75, 3.05) is 0 Å². The van der Waals surface area contributed by atoms with E-state index in [9.17, 15) is 0 Å². The van der Waals surface area contributed by atoms with E-state index in [1.807, 2.05) is 30.3 Å². The van der Waals surface area contributed by atoms with E-state index in [-0.39, 0.29) is 0 Å². The third-order valence-electron chi connectivity index (χ3n) is 10.9. The van der Waals surface area contributed by atoms with Crippen molar-refractivity contribution in [1.29, 1.82) is 0 Å². The lowest BCUT2D eigenvalue weighted by Gasteiger charge is -2.18. The van der Waals surface area contributed by atoms with Crippen LogP contribution >= 0.6 is 0 Å². The average Bonchev–Trinajstić information content (AvgIpc) is 3.68. The Morgan fingerprint density at radius 1 is 0.281 bits per heavy atom. The van der Waals surface area contributed by atoms with Gasteiger partial charge in [-0.05, 0) is 79.2 Å². The van der Waals surface area contributed by atoms with Crippen molar-refractivity contribution >= 4 is 43.5 Å². The maximum atomic E-state index is 6.51. The molecular formula is C53H33N3O. The molecule has 266 valence electrons. The second-order valence-electron chi connectivity index (χ2n) is 14.3. The zero-order valence-electron chi connectivity index (χ0n) is 30.8. The highest BCUT2D eigenvalue weighted by Gasteiger charge is 2.20. The molecule has 0 saturated heterocycles. The number of nitrogens with zero attached hydrogens (tertiary/aromatic N) is 3. The second kappa shape index (κ2) is 13.6. The van der Waals surface area contributed by atoms with Gasteiger partial charge in [0.05, 0.1) is 5.56 Å². The monoisotopic (exact) mass is 727 g/mol. The zero-order chi connectivity index (χ0) is 37.7. The lowest BCUT2D eigenvalue weighted by molar-refractivity contribution is 0.669. The average molecular weight is 728 g/mol. The normalized spacial score (nSPS) is 11.5. The molecule has 4 nitrogen and oxygen atoms in total. The molecule has 0 atom stereocenters. The van der Waals surface area contributed by atoms with Crippen LogP contribution < -0.4 is 0 Å².